The number of aromatic nitrogens is 1. The van der Waals surface area contributed by atoms with Gasteiger partial charge in [-0.15, -0.1) is 0 Å². The molecule has 0 bridgehead atoms. The zero-order valence-electron chi connectivity index (χ0n) is 12.3. The first-order chi connectivity index (χ1) is 10.8. The predicted octanol–water partition coefficient (Wildman–Crippen LogP) is 3.63. The molecule has 22 heavy (non-hydrogen) atoms. The van der Waals surface area contributed by atoms with Gasteiger partial charge >= 0.3 is 0 Å². The number of rotatable bonds is 4. The number of pyridine rings is 1. The van der Waals surface area contributed by atoms with Crippen molar-refractivity contribution >= 4 is 21.6 Å². The van der Waals surface area contributed by atoms with E-state index in [9.17, 15) is 0 Å². The Morgan fingerprint density at radius 3 is 2.91 bits per heavy atom. The molecule has 0 amide bonds. The molecule has 0 radical (unpaired) electrons. The standard InChI is InChI=1S/C16H17BrN2O3/c1-20-15-4-3-12(10-19-15)18-9-11-7-13(17)16-14(8-11)21-5-2-6-22-16/h3-4,7-8,10,18H,2,5-6,9H2,1H3. The van der Waals surface area contributed by atoms with E-state index >= 15 is 0 Å². The van der Waals surface area contributed by atoms with E-state index in [4.69, 9.17) is 14.2 Å². The van der Waals surface area contributed by atoms with Gasteiger partial charge in [0.2, 0.25) is 5.88 Å². The highest BCUT2D eigenvalue weighted by molar-refractivity contribution is 9.10. The van der Waals surface area contributed by atoms with Crippen LogP contribution in [0.5, 0.6) is 17.4 Å². The van der Waals surface area contributed by atoms with Crippen LogP contribution in [0.2, 0.25) is 0 Å². The molecule has 0 saturated heterocycles. The number of hydrogen-bond acceptors (Lipinski definition) is 5. The summed E-state index contributed by atoms with van der Waals surface area (Å²) in [5.74, 6) is 2.17. The highest BCUT2D eigenvalue weighted by Gasteiger charge is 2.15. The minimum Gasteiger partial charge on any atom is -0.490 e. The monoisotopic (exact) mass is 364 g/mol. The van der Waals surface area contributed by atoms with Crippen molar-refractivity contribution in [2.45, 2.75) is 13.0 Å². The van der Waals surface area contributed by atoms with Crippen LogP contribution in [0.15, 0.2) is 34.9 Å². The molecule has 3 rings (SSSR count). The van der Waals surface area contributed by atoms with Gasteiger partial charge in [-0.25, -0.2) is 4.98 Å². The number of ether oxygens (including phenoxy) is 3. The van der Waals surface area contributed by atoms with E-state index in [1.54, 1.807) is 13.3 Å². The molecule has 116 valence electrons. The summed E-state index contributed by atoms with van der Waals surface area (Å²) < 4.78 is 17.4. The second-order valence-corrected chi connectivity index (χ2v) is 5.75. The quantitative estimate of drug-likeness (QED) is 0.897. The Morgan fingerprint density at radius 1 is 1.27 bits per heavy atom. The lowest BCUT2D eigenvalue weighted by Gasteiger charge is -2.13. The molecule has 1 aliphatic rings. The van der Waals surface area contributed by atoms with Gasteiger partial charge < -0.3 is 19.5 Å². The third-order valence-corrected chi connectivity index (χ3v) is 3.89. The number of halogens is 1. The second kappa shape index (κ2) is 6.87. The molecule has 0 saturated carbocycles. The van der Waals surface area contributed by atoms with E-state index in [2.05, 4.69) is 26.2 Å². The van der Waals surface area contributed by atoms with Crippen molar-refractivity contribution in [1.29, 1.82) is 0 Å². The molecule has 2 aromatic rings. The molecular weight excluding hydrogens is 348 g/mol. The van der Waals surface area contributed by atoms with E-state index in [1.165, 1.54) is 0 Å². The number of methoxy groups -OCH3 is 1. The van der Waals surface area contributed by atoms with Gasteiger partial charge in [0.15, 0.2) is 11.5 Å². The summed E-state index contributed by atoms with van der Waals surface area (Å²) >= 11 is 3.55. The van der Waals surface area contributed by atoms with Crippen LogP contribution < -0.4 is 19.5 Å². The summed E-state index contributed by atoms with van der Waals surface area (Å²) in [6, 6.07) is 7.81. The Balaban J connectivity index is 1.72. The van der Waals surface area contributed by atoms with Crippen molar-refractivity contribution < 1.29 is 14.2 Å². The predicted molar refractivity (Wildman–Crippen MR) is 87.9 cm³/mol. The molecule has 2 heterocycles. The SMILES string of the molecule is COc1ccc(NCc2cc(Br)c3c(c2)OCCCO3)cn1. The van der Waals surface area contributed by atoms with Crippen molar-refractivity contribution in [2.24, 2.45) is 0 Å². The van der Waals surface area contributed by atoms with Gasteiger partial charge in [-0.05, 0) is 39.7 Å². The fraction of sp³-hybridized carbons (Fsp3) is 0.312. The van der Waals surface area contributed by atoms with E-state index in [0.717, 1.165) is 33.6 Å². The molecule has 0 aliphatic carbocycles. The van der Waals surface area contributed by atoms with Gasteiger partial charge in [0.25, 0.3) is 0 Å². The largest absolute Gasteiger partial charge is 0.490 e. The first-order valence-electron chi connectivity index (χ1n) is 7.08. The van der Waals surface area contributed by atoms with Gasteiger partial charge in [-0.1, -0.05) is 0 Å². The highest BCUT2D eigenvalue weighted by atomic mass is 79.9. The number of anilines is 1. The van der Waals surface area contributed by atoms with E-state index in [1.807, 2.05) is 24.3 Å². The number of hydrogen-bond donors (Lipinski definition) is 1. The number of nitrogens with one attached hydrogen (secondary N) is 1. The summed E-state index contributed by atoms with van der Waals surface area (Å²) in [6.45, 7) is 2.03. The van der Waals surface area contributed by atoms with Crippen molar-refractivity contribution in [3.8, 4) is 17.4 Å². The number of benzene rings is 1. The maximum Gasteiger partial charge on any atom is 0.213 e. The van der Waals surface area contributed by atoms with E-state index < -0.39 is 0 Å². The van der Waals surface area contributed by atoms with Gasteiger partial charge in [0, 0.05) is 19.0 Å². The Hall–Kier alpha value is -1.95. The summed E-state index contributed by atoms with van der Waals surface area (Å²) in [7, 11) is 1.60. The average molecular weight is 365 g/mol. The van der Waals surface area contributed by atoms with Gasteiger partial charge in [0.05, 0.1) is 36.7 Å². The lowest BCUT2D eigenvalue weighted by Crippen LogP contribution is -2.01. The first kappa shape index (κ1) is 15.0. The minimum atomic E-state index is 0.601. The Bertz CT molecular complexity index is 647. The average Bonchev–Trinajstić information content (AvgIpc) is 2.79. The van der Waals surface area contributed by atoms with Crippen LogP contribution in [-0.2, 0) is 6.54 Å². The lowest BCUT2D eigenvalue weighted by atomic mass is 10.2. The van der Waals surface area contributed by atoms with Crippen LogP contribution in [0, 0.1) is 0 Å². The number of fused-ring (bicyclic) bond motifs is 1. The van der Waals surface area contributed by atoms with Crippen LogP contribution in [0.1, 0.15) is 12.0 Å². The molecule has 1 aromatic heterocycles. The minimum absolute atomic E-state index is 0.601. The van der Waals surface area contributed by atoms with Gasteiger partial charge in [0.1, 0.15) is 0 Å². The summed E-state index contributed by atoms with van der Waals surface area (Å²) in [5.41, 5.74) is 2.04. The van der Waals surface area contributed by atoms with Crippen LogP contribution in [0.25, 0.3) is 0 Å². The van der Waals surface area contributed by atoms with Crippen LogP contribution in [-0.4, -0.2) is 25.3 Å². The molecular formula is C16H17BrN2O3. The van der Waals surface area contributed by atoms with Crippen molar-refractivity contribution in [1.82, 2.24) is 4.98 Å². The zero-order valence-corrected chi connectivity index (χ0v) is 13.9. The highest BCUT2D eigenvalue weighted by Crippen LogP contribution is 2.38. The molecule has 0 atom stereocenters. The van der Waals surface area contributed by atoms with Crippen molar-refractivity contribution in [3.05, 3.63) is 40.5 Å². The smallest absolute Gasteiger partial charge is 0.213 e. The molecule has 6 heteroatoms. The maximum atomic E-state index is 5.74. The molecule has 0 spiro atoms. The second-order valence-electron chi connectivity index (χ2n) is 4.90. The van der Waals surface area contributed by atoms with Crippen LogP contribution in [0.4, 0.5) is 5.69 Å². The Morgan fingerprint density at radius 2 is 2.14 bits per heavy atom. The van der Waals surface area contributed by atoms with Crippen molar-refractivity contribution in [2.75, 3.05) is 25.6 Å². The van der Waals surface area contributed by atoms with Gasteiger partial charge in [-0.2, -0.15) is 0 Å². The molecule has 1 N–H and O–H groups in total. The van der Waals surface area contributed by atoms with E-state index in [-0.39, 0.29) is 0 Å². The summed E-state index contributed by atoms with van der Waals surface area (Å²) in [6.07, 6.45) is 2.64. The number of nitrogens with zero attached hydrogens (tertiary/aromatic N) is 1. The van der Waals surface area contributed by atoms with Crippen molar-refractivity contribution in [3.63, 3.8) is 0 Å². The van der Waals surface area contributed by atoms with Crippen LogP contribution >= 0.6 is 15.9 Å². The third kappa shape index (κ3) is 3.44. The summed E-state index contributed by atoms with van der Waals surface area (Å²) in [4.78, 5) is 4.17. The lowest BCUT2D eigenvalue weighted by molar-refractivity contribution is 0.296. The molecule has 1 aliphatic heterocycles. The molecule has 1 aromatic carbocycles. The van der Waals surface area contributed by atoms with Gasteiger partial charge in [-0.3, -0.25) is 0 Å². The Labute approximate surface area is 137 Å². The molecule has 0 unspecified atom stereocenters. The third-order valence-electron chi connectivity index (χ3n) is 3.30. The fourth-order valence-corrected chi connectivity index (χ4v) is 2.80. The maximum absolute atomic E-state index is 5.74. The van der Waals surface area contributed by atoms with E-state index in [0.29, 0.717) is 25.6 Å². The molecule has 5 nitrogen and oxygen atoms in total. The fourth-order valence-electron chi connectivity index (χ4n) is 2.20. The molecule has 0 fully saturated rings. The normalized spacial score (nSPS) is 13.4. The first-order valence-corrected chi connectivity index (χ1v) is 7.87. The zero-order chi connectivity index (χ0) is 15.4. The Kier molecular flexibility index (Phi) is 4.68. The topological polar surface area (TPSA) is 52.6 Å². The summed E-state index contributed by atoms with van der Waals surface area (Å²) in [5, 5.41) is 3.33. The van der Waals surface area contributed by atoms with Crippen LogP contribution in [0.3, 0.4) is 0 Å².